The molecule has 1 atom stereocenters. The first-order chi connectivity index (χ1) is 9.69. The molecule has 3 aromatic rings. The molecule has 3 rings (SSSR count). The molecule has 0 fully saturated rings. The highest BCUT2D eigenvalue weighted by atomic mass is 15.3. The summed E-state index contributed by atoms with van der Waals surface area (Å²) >= 11 is 0. The summed E-state index contributed by atoms with van der Waals surface area (Å²) in [6.45, 7) is 4.97. The lowest BCUT2D eigenvalue weighted by molar-refractivity contribution is 0.471. The first kappa shape index (κ1) is 12.7. The van der Waals surface area contributed by atoms with Gasteiger partial charge in [-0.15, -0.1) is 0 Å². The summed E-state index contributed by atoms with van der Waals surface area (Å²) < 4.78 is 3.92. The number of hydrogen-bond donors (Lipinski definition) is 1. The van der Waals surface area contributed by atoms with Crippen molar-refractivity contribution >= 4 is 16.7 Å². The number of nitrogen functional groups attached to an aromatic ring is 1. The maximum Gasteiger partial charge on any atom is 0.153 e. The van der Waals surface area contributed by atoms with Crippen molar-refractivity contribution in [3.8, 4) is 0 Å². The van der Waals surface area contributed by atoms with Crippen molar-refractivity contribution in [3.05, 3.63) is 42.2 Å². The molecule has 0 bridgehead atoms. The Morgan fingerprint density at radius 1 is 1.20 bits per heavy atom. The Kier molecular flexibility index (Phi) is 3.18. The zero-order chi connectivity index (χ0) is 14.1. The molecular formula is C15H19N5. The van der Waals surface area contributed by atoms with E-state index in [-0.39, 0.29) is 0 Å². The molecule has 104 valence electrons. The van der Waals surface area contributed by atoms with E-state index >= 15 is 0 Å². The van der Waals surface area contributed by atoms with Gasteiger partial charge in [0.25, 0.3) is 0 Å². The molecule has 5 heteroatoms. The SMILES string of the molecule is CCC(C)n1ccc(Cn2nc(N)c3ccccc32)n1. The second kappa shape index (κ2) is 5.00. The van der Waals surface area contributed by atoms with Crippen LogP contribution in [0.1, 0.15) is 32.0 Å². The molecular weight excluding hydrogens is 250 g/mol. The van der Waals surface area contributed by atoms with Gasteiger partial charge in [-0.25, -0.2) is 0 Å². The highest BCUT2D eigenvalue weighted by Gasteiger charge is 2.10. The quantitative estimate of drug-likeness (QED) is 0.792. The van der Waals surface area contributed by atoms with E-state index in [1.165, 1.54) is 0 Å². The van der Waals surface area contributed by atoms with Crippen molar-refractivity contribution in [2.24, 2.45) is 0 Å². The number of nitrogens with two attached hydrogens (primary N) is 1. The van der Waals surface area contributed by atoms with Crippen LogP contribution >= 0.6 is 0 Å². The number of para-hydroxylation sites is 1. The second-order valence-corrected chi connectivity index (χ2v) is 5.10. The van der Waals surface area contributed by atoms with E-state index in [0.717, 1.165) is 23.0 Å². The normalized spacial score (nSPS) is 12.9. The summed E-state index contributed by atoms with van der Waals surface area (Å²) in [7, 11) is 0. The number of benzene rings is 1. The van der Waals surface area contributed by atoms with Gasteiger partial charge in [0.15, 0.2) is 5.82 Å². The molecule has 2 heterocycles. The Morgan fingerprint density at radius 2 is 2.00 bits per heavy atom. The fourth-order valence-electron chi connectivity index (χ4n) is 2.32. The Labute approximate surface area is 118 Å². The molecule has 0 aliphatic rings. The predicted molar refractivity (Wildman–Crippen MR) is 80.5 cm³/mol. The van der Waals surface area contributed by atoms with Gasteiger partial charge < -0.3 is 5.73 Å². The maximum atomic E-state index is 5.95. The van der Waals surface area contributed by atoms with Crippen molar-refractivity contribution in [2.45, 2.75) is 32.9 Å². The van der Waals surface area contributed by atoms with E-state index in [9.17, 15) is 0 Å². The minimum absolute atomic E-state index is 0.420. The molecule has 0 saturated carbocycles. The summed E-state index contributed by atoms with van der Waals surface area (Å²) in [4.78, 5) is 0. The van der Waals surface area contributed by atoms with Gasteiger partial charge in [-0.05, 0) is 31.5 Å². The van der Waals surface area contributed by atoms with E-state index in [0.29, 0.717) is 18.4 Å². The Morgan fingerprint density at radius 3 is 2.80 bits per heavy atom. The summed E-state index contributed by atoms with van der Waals surface area (Å²) in [6, 6.07) is 10.5. The Bertz CT molecular complexity index is 725. The standard InChI is InChI=1S/C15H19N5/c1-3-11(2)19-9-8-12(17-19)10-20-14-7-5-4-6-13(14)15(16)18-20/h4-9,11H,3,10H2,1-2H3,(H2,16,18). The topological polar surface area (TPSA) is 61.7 Å². The third-order valence-corrected chi connectivity index (χ3v) is 3.70. The lowest BCUT2D eigenvalue weighted by Gasteiger charge is -2.08. The number of anilines is 1. The van der Waals surface area contributed by atoms with Gasteiger partial charge in [-0.1, -0.05) is 19.1 Å². The van der Waals surface area contributed by atoms with E-state index in [1.807, 2.05) is 45.9 Å². The van der Waals surface area contributed by atoms with Crippen LogP contribution < -0.4 is 5.73 Å². The van der Waals surface area contributed by atoms with Gasteiger partial charge in [0, 0.05) is 17.6 Å². The summed E-state index contributed by atoms with van der Waals surface area (Å²) in [5.41, 5.74) is 7.99. The van der Waals surface area contributed by atoms with Gasteiger partial charge in [0.1, 0.15) is 0 Å². The first-order valence-corrected chi connectivity index (χ1v) is 6.94. The Hall–Kier alpha value is -2.30. The van der Waals surface area contributed by atoms with Crippen molar-refractivity contribution in [1.82, 2.24) is 19.6 Å². The largest absolute Gasteiger partial charge is 0.382 e. The third-order valence-electron chi connectivity index (χ3n) is 3.70. The molecule has 0 amide bonds. The minimum atomic E-state index is 0.420. The van der Waals surface area contributed by atoms with Gasteiger partial charge in [-0.3, -0.25) is 9.36 Å². The van der Waals surface area contributed by atoms with Crippen LogP contribution in [-0.2, 0) is 6.54 Å². The lowest BCUT2D eigenvalue weighted by atomic mass is 10.2. The molecule has 5 nitrogen and oxygen atoms in total. The minimum Gasteiger partial charge on any atom is -0.382 e. The van der Waals surface area contributed by atoms with Gasteiger partial charge in [0.05, 0.1) is 17.8 Å². The van der Waals surface area contributed by atoms with Crippen LogP contribution in [0.5, 0.6) is 0 Å². The second-order valence-electron chi connectivity index (χ2n) is 5.10. The van der Waals surface area contributed by atoms with E-state index < -0.39 is 0 Å². The zero-order valence-electron chi connectivity index (χ0n) is 11.8. The van der Waals surface area contributed by atoms with Crippen LogP contribution in [0.2, 0.25) is 0 Å². The highest BCUT2D eigenvalue weighted by Crippen LogP contribution is 2.20. The van der Waals surface area contributed by atoms with E-state index in [4.69, 9.17) is 5.73 Å². The van der Waals surface area contributed by atoms with Crippen LogP contribution in [-0.4, -0.2) is 19.6 Å². The van der Waals surface area contributed by atoms with Crippen molar-refractivity contribution in [2.75, 3.05) is 5.73 Å². The number of aromatic nitrogens is 4. The number of nitrogens with zero attached hydrogens (tertiary/aromatic N) is 4. The van der Waals surface area contributed by atoms with E-state index in [1.54, 1.807) is 0 Å². The fraction of sp³-hybridized carbons (Fsp3) is 0.333. The number of rotatable bonds is 4. The molecule has 1 unspecified atom stereocenters. The average Bonchev–Trinajstić information content (AvgIpc) is 3.05. The molecule has 0 aliphatic heterocycles. The van der Waals surface area contributed by atoms with Crippen LogP contribution in [0.3, 0.4) is 0 Å². The summed E-state index contributed by atoms with van der Waals surface area (Å²) in [6.07, 6.45) is 3.09. The fourth-order valence-corrected chi connectivity index (χ4v) is 2.32. The van der Waals surface area contributed by atoms with Crippen molar-refractivity contribution in [3.63, 3.8) is 0 Å². The monoisotopic (exact) mass is 269 g/mol. The average molecular weight is 269 g/mol. The van der Waals surface area contributed by atoms with E-state index in [2.05, 4.69) is 24.0 Å². The highest BCUT2D eigenvalue weighted by molar-refractivity contribution is 5.89. The lowest BCUT2D eigenvalue weighted by Crippen LogP contribution is -2.07. The molecule has 2 aromatic heterocycles. The zero-order valence-corrected chi connectivity index (χ0v) is 11.8. The summed E-state index contributed by atoms with van der Waals surface area (Å²) in [5, 5.41) is 10.0. The van der Waals surface area contributed by atoms with Gasteiger partial charge in [0.2, 0.25) is 0 Å². The Balaban J connectivity index is 1.91. The molecule has 0 spiro atoms. The van der Waals surface area contributed by atoms with Crippen molar-refractivity contribution < 1.29 is 0 Å². The molecule has 2 N–H and O–H groups in total. The van der Waals surface area contributed by atoms with Crippen LogP contribution in [0.15, 0.2) is 36.5 Å². The van der Waals surface area contributed by atoms with Crippen LogP contribution in [0, 0.1) is 0 Å². The molecule has 0 saturated heterocycles. The number of hydrogen-bond acceptors (Lipinski definition) is 3. The smallest absolute Gasteiger partial charge is 0.153 e. The first-order valence-electron chi connectivity index (χ1n) is 6.94. The maximum absolute atomic E-state index is 5.95. The molecule has 0 radical (unpaired) electrons. The molecule has 20 heavy (non-hydrogen) atoms. The predicted octanol–water partition coefficient (Wildman–Crippen LogP) is 2.83. The van der Waals surface area contributed by atoms with Gasteiger partial charge in [-0.2, -0.15) is 10.2 Å². The van der Waals surface area contributed by atoms with Crippen molar-refractivity contribution in [1.29, 1.82) is 0 Å². The van der Waals surface area contributed by atoms with Gasteiger partial charge >= 0.3 is 0 Å². The molecule has 0 aliphatic carbocycles. The number of fused-ring (bicyclic) bond motifs is 1. The van der Waals surface area contributed by atoms with Crippen LogP contribution in [0.25, 0.3) is 10.9 Å². The van der Waals surface area contributed by atoms with Crippen LogP contribution in [0.4, 0.5) is 5.82 Å². The third kappa shape index (κ3) is 2.15. The summed E-state index contributed by atoms with van der Waals surface area (Å²) in [5.74, 6) is 0.571. The molecule has 1 aromatic carbocycles.